The molecular formula is C17H20N2O. The molecule has 0 aromatic heterocycles. The summed E-state index contributed by atoms with van der Waals surface area (Å²) in [6.45, 7) is 0. The molecule has 2 rings (SSSR count). The van der Waals surface area contributed by atoms with Crippen LogP contribution in [0.3, 0.4) is 0 Å². The van der Waals surface area contributed by atoms with Crippen LogP contribution in [-0.4, -0.2) is 24.9 Å². The van der Waals surface area contributed by atoms with Gasteiger partial charge in [-0.1, -0.05) is 54.6 Å². The van der Waals surface area contributed by atoms with E-state index in [0.29, 0.717) is 6.42 Å². The van der Waals surface area contributed by atoms with E-state index in [4.69, 9.17) is 5.73 Å². The fourth-order valence-corrected chi connectivity index (χ4v) is 2.32. The highest BCUT2D eigenvalue weighted by Crippen LogP contribution is 2.25. The molecule has 20 heavy (non-hydrogen) atoms. The molecule has 2 aromatic rings. The molecule has 1 unspecified atom stereocenters. The summed E-state index contributed by atoms with van der Waals surface area (Å²) in [5.41, 5.74) is 8.79. The maximum absolute atomic E-state index is 11.2. The van der Waals surface area contributed by atoms with E-state index in [1.54, 1.807) is 0 Å². The van der Waals surface area contributed by atoms with E-state index in [1.165, 1.54) is 11.1 Å². The molecule has 0 saturated heterocycles. The minimum Gasteiger partial charge on any atom is -0.370 e. The van der Waals surface area contributed by atoms with Gasteiger partial charge in [-0.05, 0) is 30.8 Å². The number of carbonyl (C=O) groups excluding carboxylic acids is 1. The number of primary amides is 1. The summed E-state index contributed by atoms with van der Waals surface area (Å²) in [5.74, 6) is -0.282. The lowest BCUT2D eigenvalue weighted by molar-refractivity contribution is -0.119. The Hall–Kier alpha value is -2.13. The highest BCUT2D eigenvalue weighted by atomic mass is 16.1. The van der Waals surface area contributed by atoms with Crippen molar-refractivity contribution < 1.29 is 4.79 Å². The van der Waals surface area contributed by atoms with E-state index >= 15 is 0 Å². The van der Waals surface area contributed by atoms with Gasteiger partial charge in [-0.25, -0.2) is 0 Å². The zero-order chi connectivity index (χ0) is 14.5. The Morgan fingerprint density at radius 1 is 1.00 bits per heavy atom. The molecule has 0 radical (unpaired) electrons. The van der Waals surface area contributed by atoms with Gasteiger partial charge < -0.3 is 10.6 Å². The summed E-state index contributed by atoms with van der Waals surface area (Å²) in [6.07, 6.45) is 0.331. The molecule has 0 spiro atoms. The van der Waals surface area contributed by atoms with E-state index in [9.17, 15) is 4.79 Å². The van der Waals surface area contributed by atoms with Crippen molar-refractivity contribution in [3.05, 3.63) is 60.2 Å². The lowest BCUT2D eigenvalue weighted by Gasteiger charge is -2.23. The Kier molecular flexibility index (Phi) is 4.53. The molecule has 0 heterocycles. The lowest BCUT2D eigenvalue weighted by Crippen LogP contribution is -2.25. The zero-order valence-corrected chi connectivity index (χ0v) is 11.9. The second kappa shape index (κ2) is 6.35. The average molecular weight is 268 g/mol. The topological polar surface area (TPSA) is 46.3 Å². The predicted octanol–water partition coefficient (Wildman–Crippen LogP) is 2.83. The second-order valence-corrected chi connectivity index (χ2v) is 5.14. The van der Waals surface area contributed by atoms with Gasteiger partial charge in [0.15, 0.2) is 0 Å². The number of rotatable bonds is 5. The first-order valence-corrected chi connectivity index (χ1v) is 6.68. The van der Waals surface area contributed by atoms with Crippen LogP contribution in [0, 0.1) is 0 Å². The molecule has 2 N–H and O–H groups in total. The van der Waals surface area contributed by atoms with Gasteiger partial charge in [-0.3, -0.25) is 4.79 Å². The molecule has 3 heteroatoms. The van der Waals surface area contributed by atoms with Gasteiger partial charge in [0.25, 0.3) is 0 Å². The number of nitrogens with zero attached hydrogens (tertiary/aromatic N) is 1. The third-order valence-electron chi connectivity index (χ3n) is 3.42. The Labute approximate surface area is 120 Å². The van der Waals surface area contributed by atoms with Crippen LogP contribution in [-0.2, 0) is 4.79 Å². The van der Waals surface area contributed by atoms with Gasteiger partial charge >= 0.3 is 0 Å². The maximum Gasteiger partial charge on any atom is 0.219 e. The van der Waals surface area contributed by atoms with E-state index in [1.807, 2.05) is 37.2 Å². The van der Waals surface area contributed by atoms with Crippen molar-refractivity contribution in [1.29, 1.82) is 0 Å². The van der Waals surface area contributed by atoms with E-state index in [0.717, 1.165) is 5.56 Å². The van der Waals surface area contributed by atoms with Crippen molar-refractivity contribution in [2.45, 2.75) is 12.5 Å². The third kappa shape index (κ3) is 3.45. The Balaban J connectivity index is 2.24. The van der Waals surface area contributed by atoms with Crippen LogP contribution in [0.1, 0.15) is 18.0 Å². The van der Waals surface area contributed by atoms with E-state index in [-0.39, 0.29) is 11.9 Å². The van der Waals surface area contributed by atoms with Gasteiger partial charge in [-0.15, -0.1) is 0 Å². The third-order valence-corrected chi connectivity index (χ3v) is 3.42. The van der Waals surface area contributed by atoms with Crippen LogP contribution in [0.2, 0.25) is 0 Å². The van der Waals surface area contributed by atoms with Crippen molar-refractivity contribution in [3.63, 3.8) is 0 Å². The molecular weight excluding hydrogens is 248 g/mol. The Morgan fingerprint density at radius 2 is 1.55 bits per heavy atom. The molecule has 0 fully saturated rings. The van der Waals surface area contributed by atoms with Crippen LogP contribution < -0.4 is 5.73 Å². The van der Waals surface area contributed by atoms with Crippen molar-refractivity contribution in [3.8, 4) is 11.1 Å². The standard InChI is InChI=1S/C17H20N2O/c1-19(2)16(12-17(18)20)15-10-8-14(9-11-15)13-6-4-3-5-7-13/h3-11,16H,12H2,1-2H3,(H2,18,20). The monoisotopic (exact) mass is 268 g/mol. The zero-order valence-electron chi connectivity index (χ0n) is 11.9. The molecule has 0 aliphatic carbocycles. The first-order chi connectivity index (χ1) is 9.58. The molecule has 2 aromatic carbocycles. The minimum absolute atomic E-state index is 0.0253. The number of hydrogen-bond acceptors (Lipinski definition) is 2. The first kappa shape index (κ1) is 14.3. The number of carbonyl (C=O) groups is 1. The Bertz CT molecular complexity index is 561. The molecule has 0 saturated carbocycles. The van der Waals surface area contributed by atoms with Crippen LogP contribution >= 0.6 is 0 Å². The second-order valence-electron chi connectivity index (χ2n) is 5.14. The molecule has 104 valence electrons. The minimum atomic E-state index is -0.282. The van der Waals surface area contributed by atoms with Crippen molar-refractivity contribution in [2.75, 3.05) is 14.1 Å². The van der Waals surface area contributed by atoms with Gasteiger partial charge in [-0.2, -0.15) is 0 Å². The number of hydrogen-bond donors (Lipinski definition) is 1. The van der Waals surface area contributed by atoms with Crippen LogP contribution in [0.5, 0.6) is 0 Å². The quantitative estimate of drug-likeness (QED) is 0.906. The summed E-state index contributed by atoms with van der Waals surface area (Å²) in [7, 11) is 3.91. The van der Waals surface area contributed by atoms with Crippen molar-refractivity contribution >= 4 is 5.91 Å². The van der Waals surface area contributed by atoms with E-state index < -0.39 is 0 Å². The average Bonchev–Trinajstić information content (AvgIpc) is 2.45. The fraction of sp³-hybridized carbons (Fsp3) is 0.235. The van der Waals surface area contributed by atoms with Crippen LogP contribution in [0.15, 0.2) is 54.6 Å². The van der Waals surface area contributed by atoms with Crippen molar-refractivity contribution in [1.82, 2.24) is 4.90 Å². The number of nitrogens with two attached hydrogens (primary N) is 1. The lowest BCUT2D eigenvalue weighted by atomic mass is 9.98. The smallest absolute Gasteiger partial charge is 0.219 e. The largest absolute Gasteiger partial charge is 0.370 e. The molecule has 1 amide bonds. The number of amides is 1. The molecule has 1 atom stereocenters. The van der Waals surface area contributed by atoms with Gasteiger partial charge in [0.2, 0.25) is 5.91 Å². The molecule has 0 aliphatic rings. The summed E-state index contributed by atoms with van der Waals surface area (Å²) < 4.78 is 0. The van der Waals surface area contributed by atoms with Crippen LogP contribution in [0.4, 0.5) is 0 Å². The van der Waals surface area contributed by atoms with Crippen molar-refractivity contribution in [2.24, 2.45) is 5.73 Å². The SMILES string of the molecule is CN(C)C(CC(N)=O)c1ccc(-c2ccccc2)cc1. The fourth-order valence-electron chi connectivity index (χ4n) is 2.32. The summed E-state index contributed by atoms with van der Waals surface area (Å²) in [4.78, 5) is 13.2. The molecule has 0 bridgehead atoms. The first-order valence-electron chi connectivity index (χ1n) is 6.68. The van der Waals surface area contributed by atoms with Crippen LogP contribution in [0.25, 0.3) is 11.1 Å². The summed E-state index contributed by atoms with van der Waals surface area (Å²) in [5, 5.41) is 0. The van der Waals surface area contributed by atoms with E-state index in [2.05, 4.69) is 36.4 Å². The number of benzene rings is 2. The summed E-state index contributed by atoms with van der Waals surface area (Å²) in [6, 6.07) is 18.6. The maximum atomic E-state index is 11.2. The summed E-state index contributed by atoms with van der Waals surface area (Å²) >= 11 is 0. The predicted molar refractivity (Wildman–Crippen MR) is 82.1 cm³/mol. The molecule has 3 nitrogen and oxygen atoms in total. The van der Waals surface area contributed by atoms with Gasteiger partial charge in [0.05, 0.1) is 0 Å². The van der Waals surface area contributed by atoms with Gasteiger partial charge in [0, 0.05) is 12.5 Å². The highest BCUT2D eigenvalue weighted by molar-refractivity contribution is 5.74. The normalized spacial score (nSPS) is 12.3. The van der Waals surface area contributed by atoms with Gasteiger partial charge in [0.1, 0.15) is 0 Å². The highest BCUT2D eigenvalue weighted by Gasteiger charge is 2.16. The Morgan fingerprint density at radius 3 is 2.05 bits per heavy atom. The molecule has 0 aliphatic heterocycles.